The van der Waals surface area contributed by atoms with Crippen molar-refractivity contribution in [2.24, 2.45) is 40.4 Å². The van der Waals surface area contributed by atoms with Gasteiger partial charge in [0, 0.05) is 12.1 Å². The van der Waals surface area contributed by atoms with Crippen molar-refractivity contribution in [3.8, 4) is 0 Å². The molecule has 5 rings (SSSR count). The van der Waals surface area contributed by atoms with E-state index in [-0.39, 0.29) is 22.7 Å². The van der Waals surface area contributed by atoms with Crippen molar-refractivity contribution in [2.75, 3.05) is 7.11 Å². The van der Waals surface area contributed by atoms with Gasteiger partial charge in [0.15, 0.2) is 0 Å². The number of carbonyl (C=O) groups is 1. The summed E-state index contributed by atoms with van der Waals surface area (Å²) in [6, 6.07) is 0.959. The average molecular weight is 448 g/mol. The van der Waals surface area contributed by atoms with Crippen LogP contribution in [0.15, 0.2) is 0 Å². The van der Waals surface area contributed by atoms with Crippen molar-refractivity contribution in [3.05, 3.63) is 0 Å². The van der Waals surface area contributed by atoms with Gasteiger partial charge in [-0.15, -0.1) is 0 Å². The van der Waals surface area contributed by atoms with Crippen LogP contribution in [0.5, 0.6) is 0 Å². The van der Waals surface area contributed by atoms with Crippen LogP contribution >= 0.6 is 0 Å². The van der Waals surface area contributed by atoms with Gasteiger partial charge in [-0.25, -0.2) is 0 Å². The molecule has 182 valence electrons. The minimum absolute atomic E-state index is 0.00339. The molecule has 5 aliphatic carbocycles. The van der Waals surface area contributed by atoms with Gasteiger partial charge in [0.25, 0.3) is 0 Å². The maximum Gasteiger partial charge on any atom is 0.309 e. The van der Waals surface area contributed by atoms with Crippen LogP contribution in [0.1, 0.15) is 90.9 Å². The summed E-state index contributed by atoms with van der Waals surface area (Å²) >= 11 is 0. The molecule has 3 N–H and O–H groups in total. The Morgan fingerprint density at radius 2 is 1.66 bits per heavy atom. The Labute approximate surface area is 194 Å². The number of carbonyl (C=O) groups excluding carboxylic acids is 1. The SMILES string of the molecule is COC(=O)[C@H]1CC[C@H]2[C@@H]3CC[C@H]4C[C@H](O)[C@@H](O)C[C@]4(C)[C@H]3[C@H](NC3CCCCC3)C[C@]12C. The molecule has 5 saturated carbocycles. The van der Waals surface area contributed by atoms with E-state index >= 15 is 0 Å². The van der Waals surface area contributed by atoms with Gasteiger partial charge in [0.05, 0.1) is 25.2 Å². The first-order valence-electron chi connectivity index (χ1n) is 13.5. The third kappa shape index (κ3) is 3.56. The van der Waals surface area contributed by atoms with Crippen LogP contribution < -0.4 is 5.32 Å². The van der Waals surface area contributed by atoms with Crippen LogP contribution in [-0.4, -0.2) is 47.6 Å². The van der Waals surface area contributed by atoms with Crippen molar-refractivity contribution in [1.29, 1.82) is 0 Å². The first kappa shape index (κ1) is 23.1. The Balaban J connectivity index is 1.50. The zero-order valence-electron chi connectivity index (χ0n) is 20.4. The van der Waals surface area contributed by atoms with Gasteiger partial charge < -0.3 is 20.3 Å². The molecule has 0 radical (unpaired) electrons. The number of ether oxygens (including phenoxy) is 1. The normalized spacial score (nSPS) is 51.4. The minimum Gasteiger partial charge on any atom is -0.469 e. The van der Waals surface area contributed by atoms with Crippen LogP contribution in [0.3, 0.4) is 0 Å². The summed E-state index contributed by atoms with van der Waals surface area (Å²) in [4.78, 5) is 12.8. The molecule has 32 heavy (non-hydrogen) atoms. The molecule has 0 aliphatic heterocycles. The van der Waals surface area contributed by atoms with E-state index < -0.39 is 12.2 Å². The van der Waals surface area contributed by atoms with Gasteiger partial charge in [-0.05, 0) is 92.3 Å². The molecule has 0 unspecified atom stereocenters. The summed E-state index contributed by atoms with van der Waals surface area (Å²) in [6.07, 6.45) is 12.2. The molecule has 5 heteroatoms. The second kappa shape index (κ2) is 8.53. The van der Waals surface area contributed by atoms with E-state index in [1.807, 2.05) is 0 Å². The summed E-state index contributed by atoms with van der Waals surface area (Å²) in [5.74, 6) is 2.15. The Bertz CT molecular complexity index is 708. The molecule has 0 aromatic rings. The summed E-state index contributed by atoms with van der Waals surface area (Å²) in [5, 5.41) is 25.3. The van der Waals surface area contributed by atoms with E-state index in [9.17, 15) is 15.0 Å². The molecular formula is C27H45NO4. The van der Waals surface area contributed by atoms with E-state index in [4.69, 9.17) is 4.74 Å². The molecule has 0 heterocycles. The smallest absolute Gasteiger partial charge is 0.309 e. The predicted molar refractivity (Wildman–Crippen MR) is 124 cm³/mol. The van der Waals surface area contributed by atoms with E-state index in [0.717, 1.165) is 32.1 Å². The highest BCUT2D eigenvalue weighted by Crippen LogP contribution is 2.67. The fraction of sp³-hybridized carbons (Fsp3) is 0.963. The second-order valence-corrected chi connectivity index (χ2v) is 12.6. The summed E-state index contributed by atoms with van der Waals surface area (Å²) < 4.78 is 5.28. The van der Waals surface area contributed by atoms with Crippen molar-refractivity contribution in [3.63, 3.8) is 0 Å². The number of hydrogen-bond acceptors (Lipinski definition) is 5. The lowest BCUT2D eigenvalue weighted by molar-refractivity contribution is -0.175. The first-order chi connectivity index (χ1) is 15.3. The van der Waals surface area contributed by atoms with Crippen LogP contribution in [0.25, 0.3) is 0 Å². The Morgan fingerprint density at radius 3 is 2.38 bits per heavy atom. The maximum absolute atomic E-state index is 12.8. The van der Waals surface area contributed by atoms with Gasteiger partial charge in [-0.3, -0.25) is 4.79 Å². The number of esters is 1. The van der Waals surface area contributed by atoms with Crippen LogP contribution in [-0.2, 0) is 9.53 Å². The number of methoxy groups -OCH3 is 1. The number of fused-ring (bicyclic) bond motifs is 5. The minimum atomic E-state index is -0.606. The maximum atomic E-state index is 12.8. The van der Waals surface area contributed by atoms with Crippen molar-refractivity contribution < 1.29 is 19.7 Å². The molecule has 5 fully saturated rings. The van der Waals surface area contributed by atoms with Crippen molar-refractivity contribution in [2.45, 2.75) is 115 Å². The lowest BCUT2D eigenvalue weighted by atomic mass is 9.43. The third-order valence-corrected chi connectivity index (χ3v) is 11.2. The number of nitrogens with one attached hydrogen (secondary N) is 1. The number of rotatable bonds is 3. The standard InChI is InChI=1S/C27H45NO4/c1-26-15-23(30)22(29)13-16(26)9-10-18-19-11-12-20(25(31)32-3)27(19,2)14-21(24(18)26)28-17-7-5-4-6-8-17/h16-24,28-30H,4-15H2,1-3H3/t16-,18-,19-,20+,21+,22-,23-,24+,26-,27-/m0/s1. The molecule has 5 nitrogen and oxygen atoms in total. The predicted octanol–water partition coefficient (Wildman–Crippen LogP) is 4.05. The molecule has 0 amide bonds. The summed E-state index contributed by atoms with van der Waals surface area (Å²) in [7, 11) is 1.55. The molecule has 0 spiro atoms. The van der Waals surface area contributed by atoms with Crippen molar-refractivity contribution >= 4 is 5.97 Å². The van der Waals surface area contributed by atoms with Crippen LogP contribution in [0.2, 0.25) is 0 Å². The highest BCUT2D eigenvalue weighted by Gasteiger charge is 2.65. The fourth-order valence-corrected chi connectivity index (χ4v) is 9.72. The van der Waals surface area contributed by atoms with Gasteiger partial charge in [0.1, 0.15) is 0 Å². The lowest BCUT2D eigenvalue weighted by Crippen LogP contribution is -2.64. The summed E-state index contributed by atoms with van der Waals surface area (Å²) in [6.45, 7) is 4.81. The zero-order chi connectivity index (χ0) is 22.7. The molecule has 0 aromatic heterocycles. The van der Waals surface area contributed by atoms with Gasteiger partial charge in [0.2, 0.25) is 0 Å². The largest absolute Gasteiger partial charge is 0.469 e. The zero-order valence-corrected chi connectivity index (χ0v) is 20.4. The molecule has 0 saturated heterocycles. The number of aliphatic hydroxyl groups excluding tert-OH is 2. The fourth-order valence-electron chi connectivity index (χ4n) is 9.72. The first-order valence-corrected chi connectivity index (χ1v) is 13.5. The van der Waals surface area contributed by atoms with Crippen LogP contribution in [0.4, 0.5) is 0 Å². The quantitative estimate of drug-likeness (QED) is 0.569. The second-order valence-electron chi connectivity index (χ2n) is 12.6. The molecule has 0 bridgehead atoms. The number of hydrogen-bond donors (Lipinski definition) is 3. The Kier molecular flexibility index (Phi) is 6.16. The van der Waals surface area contributed by atoms with Crippen LogP contribution in [0, 0.1) is 40.4 Å². The highest BCUT2D eigenvalue weighted by molar-refractivity contribution is 5.74. The van der Waals surface area contributed by atoms with Crippen molar-refractivity contribution in [1.82, 2.24) is 5.32 Å². The molecule has 5 aliphatic rings. The summed E-state index contributed by atoms with van der Waals surface area (Å²) in [5.41, 5.74) is 0.0508. The van der Waals surface area contributed by atoms with E-state index in [1.165, 1.54) is 38.5 Å². The Morgan fingerprint density at radius 1 is 0.906 bits per heavy atom. The number of aliphatic hydroxyl groups is 2. The highest BCUT2D eigenvalue weighted by atomic mass is 16.5. The van der Waals surface area contributed by atoms with Gasteiger partial charge >= 0.3 is 5.97 Å². The van der Waals surface area contributed by atoms with E-state index in [2.05, 4.69) is 19.2 Å². The average Bonchev–Trinajstić information content (AvgIpc) is 3.11. The molecular weight excluding hydrogens is 402 g/mol. The molecule has 10 atom stereocenters. The third-order valence-electron chi connectivity index (χ3n) is 11.2. The lowest BCUT2D eigenvalue weighted by Gasteiger charge is -2.64. The van der Waals surface area contributed by atoms with Gasteiger partial charge in [-0.2, -0.15) is 0 Å². The Hall–Kier alpha value is -0.650. The van der Waals surface area contributed by atoms with E-state index in [1.54, 1.807) is 7.11 Å². The van der Waals surface area contributed by atoms with Gasteiger partial charge in [-0.1, -0.05) is 33.1 Å². The van der Waals surface area contributed by atoms with E-state index in [0.29, 0.717) is 42.2 Å². The molecule has 0 aromatic carbocycles. The monoisotopic (exact) mass is 447 g/mol. The topological polar surface area (TPSA) is 78.8 Å².